The van der Waals surface area contributed by atoms with E-state index in [0.29, 0.717) is 115 Å². The van der Waals surface area contributed by atoms with E-state index in [0.717, 1.165) is 14.1 Å². The smallest absolute Gasteiger partial charge is 0.471 e. The third-order valence-corrected chi connectivity index (χ3v) is 11.2. The molecule has 0 heterocycles. The summed E-state index contributed by atoms with van der Waals surface area (Å²) >= 11 is 0. The van der Waals surface area contributed by atoms with Crippen molar-refractivity contribution in [2.24, 2.45) is 21.9 Å². The molecule has 33 nitrogen and oxygen atoms in total. The number of aliphatic carboxylic acids is 2. The Hall–Kier alpha value is -7.14. The molecule has 0 spiro atoms. The van der Waals surface area contributed by atoms with Crippen LogP contribution in [0.1, 0.15) is 85.0 Å². The number of esters is 2. The van der Waals surface area contributed by atoms with Gasteiger partial charge >= 0.3 is 66.2 Å². The normalized spacial score (nSPS) is 12.1. The molecule has 0 fully saturated rings. The summed E-state index contributed by atoms with van der Waals surface area (Å²) in [6.45, 7) is 9.31. The standard InChI is InChI=1S/C21H35F3N4O8.C13H21F3N2O5.C10H17F3N2O3.C10H19N3O6/c1-28(20(31)21(22,23)24)7-4-3-5-17(19(30)32-2)15-18(29)16-36-14-13-35-12-11-34-10-9-33-8-6-26-27-25;1-12(2,3)23-11(22)18-8(9(19)20)6-4-5-7-17-10(21)13(14,15)16;1-15(9(17)10(11,12)13)6-4-3-5-7(14)8(16)18-2;11-13-12-1-2-16-3-4-17-5-6-18-7-8-19-9-10(14)15/h17H,3-16H2,1-2H3;8H,4-7H2,1-3H3,(H,17,21)(H,18,22)(H,19,20);7H,3-6,14H2,1-2H3;1-9H2,(H,14,15)/t17-;8-;7-;/m100./s1. The van der Waals surface area contributed by atoms with Gasteiger partial charge in [-0.15, -0.1) is 0 Å². The van der Waals surface area contributed by atoms with Gasteiger partial charge < -0.3 is 88.5 Å². The number of nitrogens with one attached hydrogen (secondary N) is 2. The molecule has 0 rings (SSSR count). The van der Waals surface area contributed by atoms with Crippen molar-refractivity contribution in [2.45, 2.75) is 121 Å². The summed E-state index contributed by atoms with van der Waals surface area (Å²) in [5, 5.41) is 27.7. The van der Waals surface area contributed by atoms with Crippen LogP contribution in [0.25, 0.3) is 20.9 Å². The van der Waals surface area contributed by atoms with E-state index in [1.807, 2.05) is 0 Å². The molecule has 0 aromatic heterocycles. The number of ether oxygens (including phenoxy) is 11. The monoisotopic (exact) mass is 1420 g/mol. The first-order chi connectivity index (χ1) is 44.9. The van der Waals surface area contributed by atoms with Crippen molar-refractivity contribution in [3.8, 4) is 0 Å². The number of Topliss-reactive ketones (excluding diaryl/α,β-unsaturated/α-hetero) is 1. The van der Waals surface area contributed by atoms with E-state index in [1.165, 1.54) is 14.2 Å². The zero-order valence-electron chi connectivity index (χ0n) is 54.8. The van der Waals surface area contributed by atoms with E-state index >= 15 is 0 Å². The maximum absolute atomic E-state index is 12.4. The number of unbranched alkanes of at least 4 members (excludes halogenated alkanes) is 3. The van der Waals surface area contributed by atoms with E-state index < -0.39 is 89.8 Å². The SMILES string of the molecule is CC(C)(C)OC(=O)N[C@@H](CCCCNC(=O)C(F)(F)F)C(=O)O.COC(=O)[C@@H](N)CCCCN(C)C(=O)C(F)(F)F.COC(=O)[C@H](CCCCN(C)C(=O)C(F)(F)F)CC(=O)COCCOCCOCCOCCN=[N+]=[N-].[N-]=[N+]=NCCOCCOCCOCCOCC(=O)O. The van der Waals surface area contributed by atoms with Gasteiger partial charge in [0.05, 0.1) is 113 Å². The predicted octanol–water partition coefficient (Wildman–Crippen LogP) is 5.24. The first-order valence-electron chi connectivity index (χ1n) is 29.4. The summed E-state index contributed by atoms with van der Waals surface area (Å²) in [6, 6.07) is -2.00. The lowest BCUT2D eigenvalue weighted by atomic mass is 9.96. The van der Waals surface area contributed by atoms with Crippen LogP contribution in [0.5, 0.6) is 0 Å². The molecule has 96 heavy (non-hydrogen) atoms. The van der Waals surface area contributed by atoms with Crippen molar-refractivity contribution in [3.05, 3.63) is 20.9 Å². The van der Waals surface area contributed by atoms with Gasteiger partial charge in [0.2, 0.25) is 0 Å². The minimum atomic E-state index is -4.94. The number of amides is 4. The molecule has 4 amide bonds. The van der Waals surface area contributed by atoms with E-state index in [4.69, 9.17) is 74.4 Å². The number of carboxylic acids is 2. The highest BCUT2D eigenvalue weighted by molar-refractivity contribution is 5.85. The van der Waals surface area contributed by atoms with E-state index in [9.17, 15) is 82.7 Å². The van der Waals surface area contributed by atoms with Crippen molar-refractivity contribution in [1.29, 1.82) is 0 Å². The third-order valence-electron chi connectivity index (χ3n) is 11.2. The minimum absolute atomic E-state index is 0.00351. The average molecular weight is 1420 g/mol. The van der Waals surface area contributed by atoms with Gasteiger partial charge in [-0.3, -0.25) is 28.8 Å². The lowest BCUT2D eigenvalue weighted by Gasteiger charge is -2.22. The summed E-state index contributed by atoms with van der Waals surface area (Å²) in [6.07, 6.45) is -13.5. The number of ketones is 1. The second-order valence-electron chi connectivity index (χ2n) is 20.4. The van der Waals surface area contributed by atoms with Crippen LogP contribution in [0.2, 0.25) is 0 Å². The highest BCUT2D eigenvalue weighted by Gasteiger charge is 2.42. The van der Waals surface area contributed by atoms with Gasteiger partial charge in [0.1, 0.15) is 30.9 Å². The molecule has 42 heteroatoms. The number of alkyl halides is 9. The largest absolute Gasteiger partial charge is 0.480 e. The van der Waals surface area contributed by atoms with Crippen molar-refractivity contribution < 1.29 is 145 Å². The van der Waals surface area contributed by atoms with Crippen molar-refractivity contribution >= 4 is 53.5 Å². The molecular formula is C54H92F9N11O22. The van der Waals surface area contributed by atoms with Crippen LogP contribution in [0.15, 0.2) is 10.2 Å². The zero-order chi connectivity index (χ0) is 74.0. The number of carboxylic acid groups (broad SMARTS) is 2. The van der Waals surface area contributed by atoms with Gasteiger partial charge in [0, 0.05) is 63.1 Å². The number of hydrogen-bond acceptors (Lipinski definition) is 23. The number of halogens is 9. The molecule has 0 unspecified atom stereocenters. The molecule has 558 valence electrons. The van der Waals surface area contributed by atoms with Gasteiger partial charge in [-0.2, -0.15) is 39.5 Å². The van der Waals surface area contributed by atoms with Crippen LogP contribution >= 0.6 is 0 Å². The number of carbonyl (C=O) groups is 9. The maximum Gasteiger partial charge on any atom is 0.471 e. The highest BCUT2D eigenvalue weighted by Crippen LogP contribution is 2.21. The molecule has 0 bridgehead atoms. The van der Waals surface area contributed by atoms with Gasteiger partial charge in [0.25, 0.3) is 0 Å². The number of alkyl carbamates (subject to hydrolysis) is 1. The van der Waals surface area contributed by atoms with Crippen LogP contribution < -0.4 is 16.4 Å². The Bertz CT molecular complexity index is 2270. The lowest BCUT2D eigenvalue weighted by Crippen LogP contribution is -2.43. The number of rotatable bonds is 49. The van der Waals surface area contributed by atoms with Crippen molar-refractivity contribution in [2.75, 3.05) is 167 Å². The van der Waals surface area contributed by atoms with Crippen molar-refractivity contribution in [3.63, 3.8) is 0 Å². The Morgan fingerprint density at radius 3 is 1.28 bits per heavy atom. The van der Waals surface area contributed by atoms with Crippen LogP contribution in [-0.4, -0.2) is 276 Å². The second-order valence-corrected chi connectivity index (χ2v) is 20.4. The number of carbonyl (C=O) groups excluding carboxylic acids is 7. The Labute approximate surface area is 548 Å². The lowest BCUT2D eigenvalue weighted by molar-refractivity contribution is -0.184. The van der Waals surface area contributed by atoms with Crippen LogP contribution in [0.3, 0.4) is 0 Å². The number of azide groups is 2. The molecule has 0 aromatic carbocycles. The molecule has 0 aromatic rings. The quantitative estimate of drug-likeness (QED) is 0.00988. The predicted molar refractivity (Wildman–Crippen MR) is 316 cm³/mol. The number of methoxy groups -OCH3 is 2. The van der Waals surface area contributed by atoms with Gasteiger partial charge in [-0.1, -0.05) is 16.6 Å². The highest BCUT2D eigenvalue weighted by atomic mass is 19.4. The van der Waals surface area contributed by atoms with E-state index in [1.54, 1.807) is 26.1 Å². The summed E-state index contributed by atoms with van der Waals surface area (Å²) in [5.74, 6) is -10.3. The molecule has 0 saturated heterocycles. The summed E-state index contributed by atoms with van der Waals surface area (Å²) in [7, 11) is 4.53. The summed E-state index contributed by atoms with van der Waals surface area (Å²) < 4.78 is 164. The Kier molecular flexibility index (Phi) is 57.6. The number of hydrogen-bond donors (Lipinski definition) is 5. The van der Waals surface area contributed by atoms with E-state index in [-0.39, 0.29) is 104 Å². The molecule has 0 aliphatic rings. The van der Waals surface area contributed by atoms with Crippen molar-refractivity contribution in [1.82, 2.24) is 20.4 Å². The minimum Gasteiger partial charge on any atom is -0.480 e. The van der Waals surface area contributed by atoms with Gasteiger partial charge in [0.15, 0.2) is 5.78 Å². The van der Waals surface area contributed by atoms with Gasteiger partial charge in [-0.05, 0) is 83.2 Å². The first-order valence-corrected chi connectivity index (χ1v) is 29.4. The maximum atomic E-state index is 12.4. The summed E-state index contributed by atoms with van der Waals surface area (Å²) in [4.78, 5) is 106. The topological polar surface area (TPSA) is 450 Å². The molecule has 0 radical (unpaired) electrons. The fourth-order valence-electron chi connectivity index (χ4n) is 6.61. The molecule has 0 aliphatic heterocycles. The molecule has 0 saturated carbocycles. The zero-order valence-corrected chi connectivity index (χ0v) is 54.8. The molecule has 6 N–H and O–H groups in total. The first kappa shape index (κ1) is 95.3. The van der Waals surface area contributed by atoms with Crippen LogP contribution in [-0.2, 0) is 90.5 Å². The van der Waals surface area contributed by atoms with Gasteiger partial charge in [-0.25, -0.2) is 14.4 Å². The van der Waals surface area contributed by atoms with E-state index in [2.05, 4.69) is 30.1 Å². The number of nitrogens with zero attached hydrogens (tertiary/aromatic N) is 8. The molecular weight excluding hydrogens is 1330 g/mol. The Morgan fingerprint density at radius 1 is 0.531 bits per heavy atom. The Morgan fingerprint density at radius 2 is 0.917 bits per heavy atom. The Balaban J connectivity index is -0.000000615. The average Bonchev–Trinajstić information content (AvgIpc) is 1.42. The van der Waals surface area contributed by atoms with Crippen LogP contribution in [0.4, 0.5) is 44.3 Å². The number of nitrogens with two attached hydrogens (primary N) is 1. The fourth-order valence-corrected chi connectivity index (χ4v) is 6.61. The second kappa shape index (κ2) is 58.0. The molecule has 3 atom stereocenters. The summed E-state index contributed by atoms with van der Waals surface area (Å²) in [5.41, 5.74) is 20.8. The molecule has 0 aliphatic carbocycles. The van der Waals surface area contributed by atoms with Crippen LogP contribution in [0, 0.1) is 5.92 Å². The fraction of sp³-hybridized carbons (Fsp3) is 0.833. The third kappa shape index (κ3) is 61.7.